The SMILES string of the molecule is CCCC(N)c1cn(CCOc2cc(C)cc(C)c2)nn1. The lowest BCUT2D eigenvalue weighted by Crippen LogP contribution is -2.10. The van der Waals surface area contributed by atoms with E-state index >= 15 is 0 Å². The van der Waals surface area contributed by atoms with Crippen molar-refractivity contribution in [3.05, 3.63) is 41.2 Å². The quantitative estimate of drug-likeness (QED) is 0.850. The van der Waals surface area contributed by atoms with Gasteiger partial charge < -0.3 is 10.5 Å². The minimum Gasteiger partial charge on any atom is -0.492 e. The zero-order chi connectivity index (χ0) is 15.2. The summed E-state index contributed by atoms with van der Waals surface area (Å²) >= 11 is 0. The Labute approximate surface area is 126 Å². The molecule has 2 aromatic rings. The Kier molecular flexibility index (Phi) is 5.33. The topological polar surface area (TPSA) is 66.0 Å². The van der Waals surface area contributed by atoms with Gasteiger partial charge in [-0.25, -0.2) is 4.68 Å². The summed E-state index contributed by atoms with van der Waals surface area (Å²) in [4.78, 5) is 0. The molecular weight excluding hydrogens is 264 g/mol. The highest BCUT2D eigenvalue weighted by molar-refractivity contribution is 5.32. The summed E-state index contributed by atoms with van der Waals surface area (Å²) in [5.74, 6) is 0.899. The lowest BCUT2D eigenvalue weighted by molar-refractivity contribution is 0.289. The van der Waals surface area contributed by atoms with E-state index in [9.17, 15) is 0 Å². The molecule has 1 heterocycles. The summed E-state index contributed by atoms with van der Waals surface area (Å²) in [7, 11) is 0. The minimum atomic E-state index is -0.0240. The molecule has 0 aliphatic carbocycles. The van der Waals surface area contributed by atoms with E-state index in [0.717, 1.165) is 24.3 Å². The van der Waals surface area contributed by atoms with E-state index in [0.29, 0.717) is 13.2 Å². The van der Waals surface area contributed by atoms with Crippen molar-refractivity contribution in [2.24, 2.45) is 5.73 Å². The zero-order valence-electron chi connectivity index (χ0n) is 13.0. The summed E-state index contributed by atoms with van der Waals surface area (Å²) in [6.07, 6.45) is 3.88. The molecule has 0 spiro atoms. The maximum absolute atomic E-state index is 6.02. The van der Waals surface area contributed by atoms with Crippen molar-refractivity contribution < 1.29 is 4.74 Å². The van der Waals surface area contributed by atoms with E-state index in [2.05, 4.69) is 37.1 Å². The van der Waals surface area contributed by atoms with E-state index in [1.54, 1.807) is 4.68 Å². The predicted molar refractivity (Wildman–Crippen MR) is 83.3 cm³/mol. The molecule has 1 atom stereocenters. The Hall–Kier alpha value is -1.88. The number of hydrogen-bond acceptors (Lipinski definition) is 4. The fraction of sp³-hybridized carbons (Fsp3) is 0.500. The number of rotatable bonds is 7. The number of ether oxygens (including phenoxy) is 1. The van der Waals surface area contributed by atoms with Crippen molar-refractivity contribution in [2.75, 3.05) is 6.61 Å². The van der Waals surface area contributed by atoms with Crippen molar-refractivity contribution in [1.29, 1.82) is 0 Å². The van der Waals surface area contributed by atoms with Crippen LogP contribution in [0.15, 0.2) is 24.4 Å². The van der Waals surface area contributed by atoms with Crippen LogP contribution in [0.2, 0.25) is 0 Å². The fourth-order valence-electron chi connectivity index (χ4n) is 2.32. The molecule has 1 aromatic heterocycles. The molecule has 5 heteroatoms. The third-order valence-corrected chi connectivity index (χ3v) is 3.32. The average Bonchev–Trinajstić information content (AvgIpc) is 2.87. The van der Waals surface area contributed by atoms with Crippen LogP contribution in [-0.4, -0.2) is 21.6 Å². The first-order chi connectivity index (χ1) is 10.1. The van der Waals surface area contributed by atoms with Crippen LogP contribution in [0.25, 0.3) is 0 Å². The van der Waals surface area contributed by atoms with Crippen molar-refractivity contribution in [3.63, 3.8) is 0 Å². The first-order valence-electron chi connectivity index (χ1n) is 7.45. The molecule has 0 aliphatic rings. The second-order valence-corrected chi connectivity index (χ2v) is 5.47. The highest BCUT2D eigenvalue weighted by Crippen LogP contribution is 2.16. The van der Waals surface area contributed by atoms with Crippen molar-refractivity contribution in [3.8, 4) is 5.75 Å². The lowest BCUT2D eigenvalue weighted by Gasteiger charge is -2.08. The normalized spacial score (nSPS) is 12.4. The Morgan fingerprint density at radius 3 is 2.62 bits per heavy atom. The van der Waals surface area contributed by atoms with Crippen LogP contribution in [-0.2, 0) is 6.54 Å². The van der Waals surface area contributed by atoms with Gasteiger partial charge in [0.2, 0.25) is 0 Å². The van der Waals surface area contributed by atoms with Crippen LogP contribution in [0.3, 0.4) is 0 Å². The van der Waals surface area contributed by atoms with Gasteiger partial charge in [-0.3, -0.25) is 0 Å². The molecule has 2 rings (SSSR count). The molecule has 0 saturated carbocycles. The summed E-state index contributed by atoms with van der Waals surface area (Å²) in [5, 5.41) is 8.21. The molecule has 21 heavy (non-hydrogen) atoms. The van der Waals surface area contributed by atoms with Crippen LogP contribution < -0.4 is 10.5 Å². The summed E-state index contributed by atoms with van der Waals surface area (Å²) in [6, 6.07) is 6.18. The van der Waals surface area contributed by atoms with E-state index in [4.69, 9.17) is 10.5 Å². The van der Waals surface area contributed by atoms with Gasteiger partial charge in [0, 0.05) is 0 Å². The number of nitrogens with zero attached hydrogens (tertiary/aromatic N) is 3. The van der Waals surface area contributed by atoms with E-state index in [-0.39, 0.29) is 6.04 Å². The number of hydrogen-bond donors (Lipinski definition) is 1. The largest absolute Gasteiger partial charge is 0.492 e. The van der Waals surface area contributed by atoms with Gasteiger partial charge in [0.15, 0.2) is 0 Å². The molecule has 1 aromatic carbocycles. The van der Waals surface area contributed by atoms with E-state index in [1.807, 2.05) is 18.3 Å². The summed E-state index contributed by atoms with van der Waals surface area (Å²) in [6.45, 7) is 7.48. The van der Waals surface area contributed by atoms with Gasteiger partial charge in [-0.1, -0.05) is 24.6 Å². The lowest BCUT2D eigenvalue weighted by atomic mass is 10.1. The van der Waals surface area contributed by atoms with Crippen molar-refractivity contribution in [1.82, 2.24) is 15.0 Å². The van der Waals surface area contributed by atoms with E-state index < -0.39 is 0 Å². The Bertz CT molecular complexity index is 559. The molecule has 5 nitrogen and oxygen atoms in total. The summed E-state index contributed by atoms with van der Waals surface area (Å²) in [5.41, 5.74) is 9.29. The third kappa shape index (κ3) is 4.56. The van der Waals surface area contributed by atoms with Gasteiger partial charge >= 0.3 is 0 Å². The molecule has 0 saturated heterocycles. The van der Waals surface area contributed by atoms with Crippen LogP contribution in [0.5, 0.6) is 5.75 Å². The molecule has 0 aliphatic heterocycles. The highest BCUT2D eigenvalue weighted by Gasteiger charge is 2.09. The van der Waals surface area contributed by atoms with Gasteiger partial charge in [-0.15, -0.1) is 5.10 Å². The molecule has 114 valence electrons. The minimum absolute atomic E-state index is 0.0240. The van der Waals surface area contributed by atoms with Gasteiger partial charge in [0.1, 0.15) is 12.4 Å². The molecule has 2 N–H and O–H groups in total. The molecule has 0 fully saturated rings. The van der Waals surface area contributed by atoms with Crippen molar-refractivity contribution in [2.45, 2.75) is 46.2 Å². The molecule has 0 bridgehead atoms. The van der Waals surface area contributed by atoms with Crippen LogP contribution in [0.1, 0.15) is 42.6 Å². The maximum Gasteiger partial charge on any atom is 0.119 e. The van der Waals surface area contributed by atoms with Gasteiger partial charge in [-0.05, 0) is 43.5 Å². The number of nitrogens with two attached hydrogens (primary N) is 1. The van der Waals surface area contributed by atoms with Crippen molar-refractivity contribution >= 4 is 0 Å². The molecule has 0 radical (unpaired) electrons. The first-order valence-corrected chi connectivity index (χ1v) is 7.45. The Balaban J connectivity index is 1.86. The van der Waals surface area contributed by atoms with Crippen LogP contribution in [0, 0.1) is 13.8 Å². The Morgan fingerprint density at radius 2 is 1.95 bits per heavy atom. The van der Waals surface area contributed by atoms with Gasteiger partial charge in [0.05, 0.1) is 24.5 Å². The second-order valence-electron chi connectivity index (χ2n) is 5.47. The van der Waals surface area contributed by atoms with Gasteiger partial charge in [-0.2, -0.15) is 0 Å². The monoisotopic (exact) mass is 288 g/mol. The molecule has 0 amide bonds. The predicted octanol–water partition coefficient (Wildman–Crippen LogP) is 2.77. The zero-order valence-corrected chi connectivity index (χ0v) is 13.0. The molecule has 1 unspecified atom stereocenters. The standard InChI is InChI=1S/C16H24N4O/c1-4-5-15(17)16-11-20(19-18-16)6-7-21-14-9-12(2)8-13(3)10-14/h8-11,15H,4-7,17H2,1-3H3. The molecular formula is C16H24N4O. The highest BCUT2D eigenvalue weighted by atomic mass is 16.5. The smallest absolute Gasteiger partial charge is 0.119 e. The third-order valence-electron chi connectivity index (χ3n) is 3.32. The van der Waals surface area contributed by atoms with Crippen LogP contribution >= 0.6 is 0 Å². The Morgan fingerprint density at radius 1 is 1.24 bits per heavy atom. The number of aromatic nitrogens is 3. The fourth-order valence-corrected chi connectivity index (χ4v) is 2.32. The average molecular weight is 288 g/mol. The summed E-state index contributed by atoms with van der Waals surface area (Å²) < 4.78 is 7.55. The van der Waals surface area contributed by atoms with Gasteiger partial charge in [0.25, 0.3) is 0 Å². The number of aryl methyl sites for hydroxylation is 2. The van der Waals surface area contributed by atoms with Crippen LogP contribution in [0.4, 0.5) is 0 Å². The maximum atomic E-state index is 6.02. The number of benzene rings is 1. The second kappa shape index (κ2) is 7.22. The first kappa shape index (κ1) is 15.5. The van der Waals surface area contributed by atoms with E-state index in [1.165, 1.54) is 11.1 Å².